The first-order chi connectivity index (χ1) is 14.0. The van der Waals surface area contributed by atoms with Crippen LogP contribution in [0.5, 0.6) is 0 Å². The molecule has 2 aromatic heterocycles. The van der Waals surface area contributed by atoms with Gasteiger partial charge in [-0.1, -0.05) is 6.07 Å². The van der Waals surface area contributed by atoms with E-state index < -0.39 is 0 Å². The molecule has 3 aromatic rings. The van der Waals surface area contributed by atoms with Crippen LogP contribution in [0.15, 0.2) is 35.7 Å². The minimum absolute atomic E-state index is 0.0563. The second kappa shape index (κ2) is 8.47. The Morgan fingerprint density at radius 2 is 2.00 bits per heavy atom. The predicted octanol–water partition coefficient (Wildman–Crippen LogP) is 4.10. The summed E-state index contributed by atoms with van der Waals surface area (Å²) in [7, 11) is 0. The van der Waals surface area contributed by atoms with Gasteiger partial charge in [-0.05, 0) is 71.0 Å². The number of hydrogen-bond acceptors (Lipinski definition) is 5. The third-order valence-corrected chi connectivity index (χ3v) is 6.20. The number of carbonyl (C=O) groups is 1. The average molecular weight is 410 g/mol. The monoisotopic (exact) mass is 409 g/mol. The van der Waals surface area contributed by atoms with Crippen molar-refractivity contribution in [2.45, 2.75) is 40.2 Å². The van der Waals surface area contributed by atoms with Crippen LogP contribution in [0.2, 0.25) is 0 Å². The summed E-state index contributed by atoms with van der Waals surface area (Å²) >= 11 is 1.69. The zero-order valence-electron chi connectivity index (χ0n) is 17.2. The van der Waals surface area contributed by atoms with Crippen LogP contribution in [0.1, 0.15) is 34.9 Å². The van der Waals surface area contributed by atoms with E-state index in [0.29, 0.717) is 0 Å². The summed E-state index contributed by atoms with van der Waals surface area (Å²) in [5.74, 6) is 0.167. The van der Waals surface area contributed by atoms with Crippen molar-refractivity contribution in [2.75, 3.05) is 18.4 Å². The number of likely N-dealkylation sites (tertiary alicyclic amines) is 1. The molecule has 4 rings (SSSR count). The smallest absolute Gasteiger partial charge is 0.227 e. The first-order valence-corrected chi connectivity index (χ1v) is 10.9. The van der Waals surface area contributed by atoms with Gasteiger partial charge >= 0.3 is 0 Å². The van der Waals surface area contributed by atoms with Gasteiger partial charge in [-0.25, -0.2) is 9.67 Å². The first kappa shape index (κ1) is 19.8. The highest BCUT2D eigenvalue weighted by Gasteiger charge is 2.25. The van der Waals surface area contributed by atoms with Crippen LogP contribution in [0.4, 0.5) is 5.69 Å². The molecule has 0 saturated carbocycles. The number of piperidine rings is 1. The Kier molecular flexibility index (Phi) is 5.78. The summed E-state index contributed by atoms with van der Waals surface area (Å²) in [6, 6.07) is 9.93. The second-order valence-electron chi connectivity index (χ2n) is 7.79. The highest BCUT2D eigenvalue weighted by atomic mass is 32.1. The fourth-order valence-corrected chi connectivity index (χ4v) is 4.52. The van der Waals surface area contributed by atoms with E-state index >= 15 is 0 Å². The predicted molar refractivity (Wildman–Crippen MR) is 117 cm³/mol. The van der Waals surface area contributed by atoms with E-state index in [4.69, 9.17) is 0 Å². The zero-order chi connectivity index (χ0) is 20.4. The molecule has 1 fully saturated rings. The molecule has 1 aliphatic rings. The van der Waals surface area contributed by atoms with Gasteiger partial charge in [0.25, 0.3) is 0 Å². The molecule has 0 bridgehead atoms. The van der Waals surface area contributed by atoms with E-state index in [0.717, 1.165) is 65.9 Å². The van der Waals surface area contributed by atoms with E-state index in [1.54, 1.807) is 11.3 Å². The number of carbonyl (C=O) groups excluding carboxylic acids is 1. The molecule has 0 spiro atoms. The lowest BCUT2D eigenvalue weighted by Crippen LogP contribution is -2.37. The number of thiazole rings is 1. The van der Waals surface area contributed by atoms with Gasteiger partial charge in [0.05, 0.1) is 22.1 Å². The molecule has 0 radical (unpaired) electrons. The van der Waals surface area contributed by atoms with Crippen LogP contribution in [0.25, 0.3) is 5.69 Å². The topological polar surface area (TPSA) is 63.1 Å². The Morgan fingerprint density at radius 1 is 1.21 bits per heavy atom. The highest BCUT2D eigenvalue weighted by molar-refractivity contribution is 7.09. The molecule has 3 heterocycles. The van der Waals surface area contributed by atoms with Crippen molar-refractivity contribution in [1.82, 2.24) is 19.7 Å². The highest BCUT2D eigenvalue weighted by Crippen LogP contribution is 2.23. The van der Waals surface area contributed by atoms with Crippen molar-refractivity contribution in [3.05, 3.63) is 57.8 Å². The van der Waals surface area contributed by atoms with Crippen molar-refractivity contribution >= 4 is 22.9 Å². The third-order valence-electron chi connectivity index (χ3n) is 5.38. The number of benzene rings is 1. The number of hydrogen-bond donors (Lipinski definition) is 1. The summed E-state index contributed by atoms with van der Waals surface area (Å²) < 4.78 is 1.91. The van der Waals surface area contributed by atoms with Crippen molar-refractivity contribution in [3.8, 4) is 5.69 Å². The van der Waals surface area contributed by atoms with Gasteiger partial charge in [0.1, 0.15) is 0 Å². The van der Waals surface area contributed by atoms with Gasteiger partial charge in [-0.15, -0.1) is 11.3 Å². The number of rotatable bonds is 5. The Labute approximate surface area is 175 Å². The van der Waals surface area contributed by atoms with Gasteiger partial charge in [0.2, 0.25) is 5.91 Å². The van der Waals surface area contributed by atoms with Gasteiger partial charge in [-0.2, -0.15) is 5.10 Å². The normalized spacial score (nSPS) is 15.6. The maximum Gasteiger partial charge on any atom is 0.227 e. The summed E-state index contributed by atoms with van der Waals surface area (Å²) in [5.41, 5.74) is 4.98. The van der Waals surface area contributed by atoms with Crippen LogP contribution >= 0.6 is 11.3 Å². The fourth-order valence-electron chi connectivity index (χ4n) is 3.91. The summed E-state index contributed by atoms with van der Waals surface area (Å²) in [6.07, 6.45) is 1.76. The van der Waals surface area contributed by atoms with Crippen LogP contribution < -0.4 is 5.32 Å². The van der Waals surface area contributed by atoms with Crippen LogP contribution in [-0.2, 0) is 11.3 Å². The molecule has 6 nitrogen and oxygen atoms in total. The molecule has 7 heteroatoms. The van der Waals surface area contributed by atoms with Crippen LogP contribution in [0, 0.1) is 26.7 Å². The molecule has 1 amide bonds. The van der Waals surface area contributed by atoms with Crippen molar-refractivity contribution in [2.24, 2.45) is 5.92 Å². The fraction of sp³-hybridized carbons (Fsp3) is 0.409. The summed E-state index contributed by atoms with van der Waals surface area (Å²) in [4.78, 5) is 19.7. The van der Waals surface area contributed by atoms with E-state index in [1.807, 2.05) is 55.8 Å². The molecule has 1 saturated heterocycles. The Morgan fingerprint density at radius 3 is 2.66 bits per heavy atom. The van der Waals surface area contributed by atoms with Crippen LogP contribution in [0.3, 0.4) is 0 Å². The number of nitrogens with zero attached hydrogens (tertiary/aromatic N) is 4. The minimum Gasteiger partial charge on any atom is -0.326 e. The summed E-state index contributed by atoms with van der Waals surface area (Å²) in [6.45, 7) is 8.79. The maximum atomic E-state index is 12.8. The molecule has 29 heavy (non-hydrogen) atoms. The number of aryl methyl sites for hydroxylation is 3. The molecular weight excluding hydrogens is 382 g/mol. The van der Waals surface area contributed by atoms with E-state index in [9.17, 15) is 4.79 Å². The number of nitrogens with one attached hydrogen (secondary N) is 1. The Balaban J connectivity index is 1.34. The van der Waals surface area contributed by atoms with Crippen molar-refractivity contribution in [1.29, 1.82) is 0 Å². The second-order valence-corrected chi connectivity index (χ2v) is 8.85. The number of amides is 1. The molecule has 0 unspecified atom stereocenters. The molecule has 0 aliphatic carbocycles. The average Bonchev–Trinajstić information content (AvgIpc) is 3.26. The van der Waals surface area contributed by atoms with Gasteiger partial charge in [0, 0.05) is 29.2 Å². The van der Waals surface area contributed by atoms with E-state index in [-0.39, 0.29) is 11.8 Å². The molecule has 1 aliphatic heterocycles. The minimum atomic E-state index is 0.0563. The lowest BCUT2D eigenvalue weighted by atomic mass is 9.95. The van der Waals surface area contributed by atoms with Crippen molar-refractivity contribution in [3.63, 3.8) is 0 Å². The Bertz CT molecular complexity index is 1000. The van der Waals surface area contributed by atoms with Crippen molar-refractivity contribution < 1.29 is 4.79 Å². The molecule has 1 N–H and O–H groups in total. The first-order valence-electron chi connectivity index (χ1n) is 10.1. The van der Waals surface area contributed by atoms with E-state index in [1.165, 1.54) is 0 Å². The largest absolute Gasteiger partial charge is 0.326 e. The lowest BCUT2D eigenvalue weighted by molar-refractivity contribution is -0.121. The lowest BCUT2D eigenvalue weighted by Gasteiger charge is -2.30. The molecule has 0 atom stereocenters. The molecule has 152 valence electrons. The molecule has 1 aromatic carbocycles. The number of aromatic nitrogens is 3. The summed E-state index contributed by atoms with van der Waals surface area (Å²) in [5, 5.41) is 10.9. The van der Waals surface area contributed by atoms with E-state index in [2.05, 4.69) is 25.7 Å². The number of anilines is 1. The standard InChI is InChI=1S/C22H27N5OS/c1-15-11-16(2)27(25-15)21-6-4-5-19(12-21)24-22(28)18-7-9-26(10-8-18)13-20-14-29-17(3)23-20/h4-6,11-12,14,18H,7-10,13H2,1-3H3,(H,24,28). The quantitative estimate of drug-likeness (QED) is 0.689. The van der Waals surface area contributed by atoms with Gasteiger partial charge in [-0.3, -0.25) is 9.69 Å². The Hall–Kier alpha value is -2.51. The third kappa shape index (κ3) is 4.74. The maximum absolute atomic E-state index is 12.8. The molecular formula is C22H27N5OS. The van der Waals surface area contributed by atoms with Gasteiger partial charge in [0.15, 0.2) is 0 Å². The zero-order valence-corrected chi connectivity index (χ0v) is 18.0. The SMILES string of the molecule is Cc1cc(C)n(-c2cccc(NC(=O)C3CCN(Cc4csc(C)n4)CC3)c2)n1. The van der Waals surface area contributed by atoms with Crippen LogP contribution in [-0.4, -0.2) is 38.7 Å². The van der Waals surface area contributed by atoms with Gasteiger partial charge < -0.3 is 5.32 Å².